The van der Waals surface area contributed by atoms with Gasteiger partial charge in [-0.2, -0.15) is 0 Å². The van der Waals surface area contributed by atoms with Gasteiger partial charge in [0.25, 0.3) is 0 Å². The highest BCUT2D eigenvalue weighted by molar-refractivity contribution is 5.76. The fourth-order valence-electron chi connectivity index (χ4n) is 2.08. The van der Waals surface area contributed by atoms with Gasteiger partial charge in [0.05, 0.1) is 0 Å². The van der Waals surface area contributed by atoms with Crippen molar-refractivity contribution in [3.63, 3.8) is 0 Å². The third-order valence-electron chi connectivity index (χ3n) is 3.45. The second-order valence-electron chi connectivity index (χ2n) is 4.93. The number of benzene rings is 1. The first-order valence-corrected chi connectivity index (χ1v) is 6.63. The Morgan fingerprint density at radius 2 is 1.89 bits per heavy atom. The molecular formula is C15H21N3O. The quantitative estimate of drug-likeness (QED) is 0.881. The Balaban J connectivity index is 1.85. The van der Waals surface area contributed by atoms with Crippen LogP contribution < -0.4 is 5.32 Å². The molecule has 0 radical (unpaired) electrons. The highest BCUT2D eigenvalue weighted by atomic mass is 16.2. The predicted octanol–water partition coefficient (Wildman–Crippen LogP) is 1.92. The van der Waals surface area contributed by atoms with Crippen molar-refractivity contribution in [3.8, 4) is 0 Å². The van der Waals surface area contributed by atoms with E-state index in [1.54, 1.807) is 6.20 Å². The third-order valence-corrected chi connectivity index (χ3v) is 3.45. The molecule has 102 valence electrons. The fourth-order valence-corrected chi connectivity index (χ4v) is 2.08. The molecule has 2 rings (SSSR count). The number of piperazine rings is 1. The van der Waals surface area contributed by atoms with Crippen LogP contribution in [-0.2, 0) is 0 Å². The van der Waals surface area contributed by atoms with Gasteiger partial charge in [-0.05, 0) is 31.2 Å². The van der Waals surface area contributed by atoms with Gasteiger partial charge >= 0.3 is 6.03 Å². The highest BCUT2D eigenvalue weighted by Crippen LogP contribution is 2.08. The summed E-state index contributed by atoms with van der Waals surface area (Å²) in [6, 6.07) is 8.08. The van der Waals surface area contributed by atoms with Crippen LogP contribution in [0.5, 0.6) is 0 Å². The summed E-state index contributed by atoms with van der Waals surface area (Å²) in [5, 5.41) is 2.83. The van der Waals surface area contributed by atoms with E-state index in [4.69, 9.17) is 0 Å². The average molecular weight is 259 g/mol. The van der Waals surface area contributed by atoms with Crippen molar-refractivity contribution in [1.29, 1.82) is 0 Å². The van der Waals surface area contributed by atoms with Gasteiger partial charge in [0.1, 0.15) is 0 Å². The van der Waals surface area contributed by atoms with Crippen LogP contribution in [0.4, 0.5) is 4.79 Å². The number of hydrogen-bond donors (Lipinski definition) is 1. The van der Waals surface area contributed by atoms with Crippen LogP contribution >= 0.6 is 0 Å². The molecule has 1 saturated heterocycles. The van der Waals surface area contributed by atoms with E-state index in [9.17, 15) is 4.79 Å². The van der Waals surface area contributed by atoms with Crippen molar-refractivity contribution in [2.75, 3.05) is 33.2 Å². The molecule has 4 nitrogen and oxygen atoms in total. The van der Waals surface area contributed by atoms with E-state index in [-0.39, 0.29) is 6.03 Å². The molecule has 2 amide bonds. The van der Waals surface area contributed by atoms with Crippen molar-refractivity contribution in [1.82, 2.24) is 15.1 Å². The summed E-state index contributed by atoms with van der Waals surface area (Å²) in [5.41, 5.74) is 2.33. The fraction of sp³-hybridized carbons (Fsp3) is 0.400. The van der Waals surface area contributed by atoms with Crippen molar-refractivity contribution in [2.45, 2.75) is 6.92 Å². The number of aryl methyl sites for hydroxylation is 1. The first-order chi connectivity index (χ1) is 9.16. The molecule has 1 aromatic rings. The number of rotatable bonds is 2. The molecule has 1 fully saturated rings. The van der Waals surface area contributed by atoms with E-state index in [1.807, 2.05) is 29.2 Å². The second-order valence-corrected chi connectivity index (χ2v) is 4.93. The van der Waals surface area contributed by atoms with Gasteiger partial charge in [-0.15, -0.1) is 0 Å². The number of nitrogens with one attached hydrogen (secondary N) is 1. The summed E-state index contributed by atoms with van der Waals surface area (Å²) in [7, 11) is 2.08. The first kappa shape index (κ1) is 13.6. The number of nitrogens with zero attached hydrogens (tertiary/aromatic N) is 2. The number of carbonyl (C=O) groups excluding carboxylic acids is 1. The lowest BCUT2D eigenvalue weighted by Gasteiger charge is -2.31. The lowest BCUT2D eigenvalue weighted by atomic mass is 10.1. The van der Waals surface area contributed by atoms with E-state index in [2.05, 4.69) is 30.3 Å². The van der Waals surface area contributed by atoms with Crippen LogP contribution in [0.25, 0.3) is 6.08 Å². The Hall–Kier alpha value is -1.81. The molecule has 0 saturated carbocycles. The van der Waals surface area contributed by atoms with Crippen LogP contribution in [-0.4, -0.2) is 49.1 Å². The van der Waals surface area contributed by atoms with Crippen molar-refractivity contribution in [3.05, 3.63) is 41.6 Å². The standard InChI is InChI=1S/C15H21N3O/c1-13-5-3-4-6-14(13)7-8-16-15(19)18-11-9-17(2)10-12-18/h3-8H,9-12H2,1-2H3,(H,16,19)/b8-7+. The molecule has 0 bridgehead atoms. The molecule has 1 N–H and O–H groups in total. The van der Waals surface area contributed by atoms with Gasteiger partial charge in [0.2, 0.25) is 0 Å². The Kier molecular flexibility index (Phi) is 4.58. The maximum Gasteiger partial charge on any atom is 0.321 e. The SMILES string of the molecule is Cc1ccccc1/C=C/NC(=O)N1CCN(C)CC1. The maximum absolute atomic E-state index is 11.9. The van der Waals surface area contributed by atoms with Crippen LogP contribution in [0.1, 0.15) is 11.1 Å². The number of urea groups is 1. The topological polar surface area (TPSA) is 35.6 Å². The zero-order valence-electron chi connectivity index (χ0n) is 11.6. The maximum atomic E-state index is 11.9. The normalized spacial score (nSPS) is 16.8. The lowest BCUT2D eigenvalue weighted by Crippen LogP contribution is -2.49. The number of hydrogen-bond acceptors (Lipinski definition) is 2. The van der Waals surface area contributed by atoms with Gasteiger partial charge in [-0.25, -0.2) is 4.79 Å². The van der Waals surface area contributed by atoms with E-state index in [1.165, 1.54) is 5.56 Å². The summed E-state index contributed by atoms with van der Waals surface area (Å²) in [4.78, 5) is 16.0. The summed E-state index contributed by atoms with van der Waals surface area (Å²) in [6.07, 6.45) is 3.66. The summed E-state index contributed by atoms with van der Waals surface area (Å²) < 4.78 is 0. The van der Waals surface area contributed by atoms with E-state index < -0.39 is 0 Å². The first-order valence-electron chi connectivity index (χ1n) is 6.63. The molecule has 0 atom stereocenters. The van der Waals surface area contributed by atoms with Gasteiger partial charge in [0, 0.05) is 32.4 Å². The molecule has 0 aliphatic carbocycles. The molecule has 0 aromatic heterocycles. The summed E-state index contributed by atoms with van der Waals surface area (Å²) >= 11 is 0. The zero-order chi connectivity index (χ0) is 13.7. The van der Waals surface area contributed by atoms with Crippen molar-refractivity contribution < 1.29 is 4.79 Å². The third kappa shape index (κ3) is 3.83. The zero-order valence-corrected chi connectivity index (χ0v) is 11.6. The number of amides is 2. The smallest absolute Gasteiger partial charge is 0.321 e. The molecule has 1 aliphatic rings. The van der Waals surface area contributed by atoms with E-state index >= 15 is 0 Å². The van der Waals surface area contributed by atoms with Gasteiger partial charge in [0.15, 0.2) is 0 Å². The van der Waals surface area contributed by atoms with Gasteiger partial charge in [-0.1, -0.05) is 24.3 Å². The monoisotopic (exact) mass is 259 g/mol. The number of carbonyl (C=O) groups is 1. The van der Waals surface area contributed by atoms with Gasteiger partial charge < -0.3 is 15.1 Å². The highest BCUT2D eigenvalue weighted by Gasteiger charge is 2.17. The average Bonchev–Trinajstić information content (AvgIpc) is 2.41. The summed E-state index contributed by atoms with van der Waals surface area (Å²) in [5.74, 6) is 0. The van der Waals surface area contributed by atoms with E-state index in [0.29, 0.717) is 0 Å². The molecular weight excluding hydrogens is 238 g/mol. The van der Waals surface area contributed by atoms with Crippen LogP contribution in [0, 0.1) is 6.92 Å². The van der Waals surface area contributed by atoms with Crippen molar-refractivity contribution >= 4 is 12.1 Å². The molecule has 0 spiro atoms. The molecule has 19 heavy (non-hydrogen) atoms. The Bertz CT molecular complexity index is 462. The lowest BCUT2D eigenvalue weighted by molar-refractivity contribution is 0.157. The predicted molar refractivity (Wildman–Crippen MR) is 77.8 cm³/mol. The van der Waals surface area contributed by atoms with Crippen LogP contribution in [0.2, 0.25) is 0 Å². The Morgan fingerprint density at radius 1 is 1.21 bits per heavy atom. The minimum atomic E-state index is -0.0158. The van der Waals surface area contributed by atoms with Crippen molar-refractivity contribution in [2.24, 2.45) is 0 Å². The second kappa shape index (κ2) is 6.38. The molecule has 1 heterocycles. The molecule has 1 aliphatic heterocycles. The van der Waals surface area contributed by atoms with Crippen LogP contribution in [0.15, 0.2) is 30.5 Å². The summed E-state index contributed by atoms with van der Waals surface area (Å²) in [6.45, 7) is 5.52. The van der Waals surface area contributed by atoms with Gasteiger partial charge in [-0.3, -0.25) is 0 Å². The number of likely N-dealkylation sites (N-methyl/N-ethyl adjacent to an activating group) is 1. The van der Waals surface area contributed by atoms with Crippen LogP contribution in [0.3, 0.4) is 0 Å². The molecule has 1 aromatic carbocycles. The Labute approximate surface area is 114 Å². The Morgan fingerprint density at radius 3 is 2.58 bits per heavy atom. The minimum Gasteiger partial charge on any atom is -0.322 e. The molecule has 0 unspecified atom stereocenters. The minimum absolute atomic E-state index is 0.0158. The largest absolute Gasteiger partial charge is 0.322 e. The van der Waals surface area contributed by atoms with E-state index in [0.717, 1.165) is 31.7 Å². The molecule has 4 heteroatoms.